The summed E-state index contributed by atoms with van der Waals surface area (Å²) in [6, 6.07) is 0. The summed E-state index contributed by atoms with van der Waals surface area (Å²) in [6.45, 7) is 11.4. The van der Waals surface area contributed by atoms with Gasteiger partial charge in [0.05, 0.1) is 0 Å². The molecule has 1 unspecified atom stereocenters. The SMILES string of the molecule is CCCCCCCCCCCCCCCC(=O)OC[C@H](COC(=O)CCCCCCCCCCC(C)CC)OC(=O)CCCCCCCCCCCCCCCCCCC(C)C. The summed E-state index contributed by atoms with van der Waals surface area (Å²) in [4.78, 5) is 38.0. The fourth-order valence-electron chi connectivity index (χ4n) is 8.49. The Bertz CT molecular complexity index is 949. The molecule has 0 aromatic heterocycles. The van der Waals surface area contributed by atoms with Crippen molar-refractivity contribution in [3.63, 3.8) is 0 Å². The van der Waals surface area contributed by atoms with Crippen LogP contribution in [0.5, 0.6) is 0 Å². The van der Waals surface area contributed by atoms with Gasteiger partial charge in [-0.1, -0.05) is 272 Å². The molecule has 0 heterocycles. The Morgan fingerprint density at radius 1 is 0.339 bits per heavy atom. The molecule has 0 aromatic rings. The molecule has 368 valence electrons. The van der Waals surface area contributed by atoms with Crippen molar-refractivity contribution in [3.05, 3.63) is 0 Å². The van der Waals surface area contributed by atoms with Gasteiger partial charge in [-0.05, 0) is 31.1 Å². The van der Waals surface area contributed by atoms with E-state index in [0.717, 1.165) is 69.6 Å². The molecule has 0 aliphatic carbocycles. The first-order chi connectivity index (χ1) is 30.3. The minimum Gasteiger partial charge on any atom is -0.462 e. The highest BCUT2D eigenvalue weighted by atomic mass is 16.6. The van der Waals surface area contributed by atoms with Gasteiger partial charge in [0.15, 0.2) is 6.10 Å². The van der Waals surface area contributed by atoms with Crippen molar-refractivity contribution >= 4 is 17.9 Å². The average Bonchev–Trinajstić information content (AvgIpc) is 3.26. The van der Waals surface area contributed by atoms with Crippen LogP contribution in [0.2, 0.25) is 0 Å². The second-order valence-electron chi connectivity index (χ2n) is 19.9. The molecule has 0 fully saturated rings. The van der Waals surface area contributed by atoms with Crippen LogP contribution in [0.25, 0.3) is 0 Å². The van der Waals surface area contributed by atoms with Gasteiger partial charge in [0.2, 0.25) is 0 Å². The predicted molar refractivity (Wildman–Crippen MR) is 266 cm³/mol. The molecule has 0 amide bonds. The van der Waals surface area contributed by atoms with Crippen molar-refractivity contribution in [1.82, 2.24) is 0 Å². The molecule has 62 heavy (non-hydrogen) atoms. The van der Waals surface area contributed by atoms with Crippen molar-refractivity contribution in [1.29, 1.82) is 0 Å². The van der Waals surface area contributed by atoms with Crippen LogP contribution < -0.4 is 0 Å². The summed E-state index contributed by atoms with van der Waals surface area (Å²) < 4.78 is 16.9. The lowest BCUT2D eigenvalue weighted by Gasteiger charge is -2.18. The Labute approximate surface area is 387 Å². The van der Waals surface area contributed by atoms with Gasteiger partial charge in [-0.2, -0.15) is 0 Å². The first-order valence-corrected chi connectivity index (χ1v) is 27.8. The monoisotopic (exact) mass is 877 g/mol. The van der Waals surface area contributed by atoms with Crippen molar-refractivity contribution in [2.45, 2.75) is 317 Å². The van der Waals surface area contributed by atoms with Gasteiger partial charge >= 0.3 is 17.9 Å². The van der Waals surface area contributed by atoms with Crippen LogP contribution in [0.15, 0.2) is 0 Å². The van der Waals surface area contributed by atoms with Crippen LogP contribution in [0.4, 0.5) is 0 Å². The van der Waals surface area contributed by atoms with E-state index in [0.29, 0.717) is 19.3 Å². The lowest BCUT2D eigenvalue weighted by atomic mass is 9.99. The molecule has 6 heteroatoms. The number of hydrogen-bond donors (Lipinski definition) is 0. The van der Waals surface area contributed by atoms with Gasteiger partial charge in [-0.3, -0.25) is 14.4 Å². The summed E-state index contributed by atoms with van der Waals surface area (Å²) in [5, 5.41) is 0. The Morgan fingerprint density at radius 3 is 0.919 bits per heavy atom. The standard InChI is InChI=1S/C56H108O6/c1-6-8-9-10-11-12-13-18-22-25-31-36-41-46-54(57)60-49-53(50-61-55(58)47-42-37-32-28-27-30-35-40-45-52(5)7-2)62-56(59)48-43-38-33-26-23-20-17-15-14-16-19-21-24-29-34-39-44-51(3)4/h51-53H,6-50H2,1-5H3/t52?,53-/m1/s1. The van der Waals surface area contributed by atoms with Crippen molar-refractivity contribution in [2.75, 3.05) is 13.2 Å². The van der Waals surface area contributed by atoms with Gasteiger partial charge < -0.3 is 14.2 Å². The number of carbonyl (C=O) groups is 3. The quantitative estimate of drug-likeness (QED) is 0.0344. The number of esters is 3. The van der Waals surface area contributed by atoms with Crippen LogP contribution >= 0.6 is 0 Å². The van der Waals surface area contributed by atoms with Crippen LogP contribution in [-0.4, -0.2) is 37.2 Å². The number of carbonyl (C=O) groups excluding carboxylic acids is 3. The van der Waals surface area contributed by atoms with Gasteiger partial charge in [0.25, 0.3) is 0 Å². The molecule has 0 aliphatic heterocycles. The zero-order valence-corrected chi connectivity index (χ0v) is 42.5. The lowest BCUT2D eigenvalue weighted by molar-refractivity contribution is -0.167. The number of ether oxygens (including phenoxy) is 3. The Hall–Kier alpha value is -1.59. The van der Waals surface area contributed by atoms with E-state index in [2.05, 4.69) is 34.6 Å². The molecule has 0 rings (SSSR count). The van der Waals surface area contributed by atoms with Crippen LogP contribution in [-0.2, 0) is 28.6 Å². The molecule has 0 spiro atoms. The largest absolute Gasteiger partial charge is 0.462 e. The molecule has 0 aliphatic rings. The smallest absolute Gasteiger partial charge is 0.306 e. The van der Waals surface area contributed by atoms with E-state index in [-0.39, 0.29) is 31.1 Å². The number of rotatable bonds is 50. The Kier molecular flexibility index (Phi) is 47.6. The first kappa shape index (κ1) is 60.4. The Balaban J connectivity index is 4.28. The third kappa shape index (κ3) is 47.9. The third-order valence-electron chi connectivity index (χ3n) is 13.1. The van der Waals surface area contributed by atoms with E-state index in [4.69, 9.17) is 14.2 Å². The summed E-state index contributed by atoms with van der Waals surface area (Å²) >= 11 is 0. The molecular formula is C56H108O6. The van der Waals surface area contributed by atoms with Crippen LogP contribution in [0.1, 0.15) is 311 Å². The zero-order valence-electron chi connectivity index (χ0n) is 42.5. The molecule has 0 saturated carbocycles. The second kappa shape index (κ2) is 48.9. The molecule has 0 radical (unpaired) electrons. The minimum absolute atomic E-state index is 0.0633. The maximum Gasteiger partial charge on any atom is 0.306 e. The lowest BCUT2D eigenvalue weighted by Crippen LogP contribution is -2.30. The molecular weight excluding hydrogens is 769 g/mol. The predicted octanol–water partition coefficient (Wildman–Crippen LogP) is 18.1. The summed E-state index contributed by atoms with van der Waals surface area (Å²) in [5.41, 5.74) is 0. The van der Waals surface area contributed by atoms with E-state index < -0.39 is 6.10 Å². The highest BCUT2D eigenvalue weighted by molar-refractivity contribution is 5.71. The van der Waals surface area contributed by atoms with Gasteiger partial charge in [0.1, 0.15) is 13.2 Å². The molecule has 0 saturated heterocycles. The highest BCUT2D eigenvalue weighted by Gasteiger charge is 2.19. The Morgan fingerprint density at radius 2 is 0.613 bits per heavy atom. The molecule has 0 N–H and O–H groups in total. The fraction of sp³-hybridized carbons (Fsp3) is 0.946. The van der Waals surface area contributed by atoms with Crippen molar-refractivity contribution < 1.29 is 28.6 Å². The number of hydrogen-bond acceptors (Lipinski definition) is 6. The van der Waals surface area contributed by atoms with E-state index in [9.17, 15) is 14.4 Å². The molecule has 6 nitrogen and oxygen atoms in total. The zero-order chi connectivity index (χ0) is 45.4. The maximum absolute atomic E-state index is 12.8. The fourth-order valence-corrected chi connectivity index (χ4v) is 8.49. The van der Waals surface area contributed by atoms with E-state index >= 15 is 0 Å². The van der Waals surface area contributed by atoms with E-state index in [1.54, 1.807) is 0 Å². The highest BCUT2D eigenvalue weighted by Crippen LogP contribution is 2.18. The molecule has 0 aromatic carbocycles. The average molecular weight is 877 g/mol. The summed E-state index contributed by atoms with van der Waals surface area (Å²) in [5.74, 6) is 0.856. The van der Waals surface area contributed by atoms with Crippen LogP contribution in [0, 0.1) is 11.8 Å². The van der Waals surface area contributed by atoms with Gasteiger partial charge in [0, 0.05) is 19.3 Å². The third-order valence-corrected chi connectivity index (χ3v) is 13.1. The molecule has 2 atom stereocenters. The van der Waals surface area contributed by atoms with E-state index in [1.807, 2.05) is 0 Å². The first-order valence-electron chi connectivity index (χ1n) is 27.8. The topological polar surface area (TPSA) is 78.9 Å². The normalized spacial score (nSPS) is 12.5. The maximum atomic E-state index is 12.8. The van der Waals surface area contributed by atoms with Crippen LogP contribution in [0.3, 0.4) is 0 Å². The van der Waals surface area contributed by atoms with E-state index in [1.165, 1.54) is 199 Å². The number of unbranched alkanes of at least 4 members (excludes halogenated alkanes) is 34. The minimum atomic E-state index is -0.762. The van der Waals surface area contributed by atoms with Gasteiger partial charge in [-0.15, -0.1) is 0 Å². The second-order valence-corrected chi connectivity index (χ2v) is 19.9. The van der Waals surface area contributed by atoms with Crippen molar-refractivity contribution in [3.8, 4) is 0 Å². The summed E-state index contributed by atoms with van der Waals surface area (Å²) in [6.07, 6.45) is 50.9. The van der Waals surface area contributed by atoms with Crippen molar-refractivity contribution in [2.24, 2.45) is 11.8 Å². The summed E-state index contributed by atoms with van der Waals surface area (Å²) in [7, 11) is 0. The molecule has 0 bridgehead atoms. The van der Waals surface area contributed by atoms with Gasteiger partial charge in [-0.25, -0.2) is 0 Å².